The van der Waals surface area contributed by atoms with E-state index in [1.807, 2.05) is 54.6 Å². The third kappa shape index (κ3) is 3.04. The van der Waals surface area contributed by atoms with Crippen molar-refractivity contribution in [2.24, 2.45) is 0 Å². The summed E-state index contributed by atoms with van der Waals surface area (Å²) in [7, 11) is 1.34. The summed E-state index contributed by atoms with van der Waals surface area (Å²) in [6.07, 6.45) is 1.85. The van der Waals surface area contributed by atoms with Crippen molar-refractivity contribution >= 4 is 28.4 Å². The summed E-state index contributed by atoms with van der Waals surface area (Å²) in [5, 5.41) is 11.8. The Kier molecular flexibility index (Phi) is 4.40. The fourth-order valence-corrected chi connectivity index (χ4v) is 2.64. The summed E-state index contributed by atoms with van der Waals surface area (Å²) in [4.78, 5) is 11.7. The Morgan fingerprint density at radius 3 is 2.50 bits per heavy atom. The molecule has 0 fully saturated rings. The Bertz CT molecular complexity index is 975. The second-order valence-electron chi connectivity index (χ2n) is 5.31. The van der Waals surface area contributed by atoms with Crippen LogP contribution in [0.1, 0.15) is 21.5 Å². The SMILES string of the molecule is COC(=O)c1cccc(C(C#N)=Cc2cccc3ccccc23)c1. The van der Waals surface area contributed by atoms with E-state index in [4.69, 9.17) is 4.74 Å². The molecule has 0 aromatic heterocycles. The van der Waals surface area contributed by atoms with Gasteiger partial charge in [0.15, 0.2) is 0 Å². The van der Waals surface area contributed by atoms with Gasteiger partial charge in [0.25, 0.3) is 0 Å². The van der Waals surface area contributed by atoms with Crippen LogP contribution in [0.2, 0.25) is 0 Å². The molecule has 0 unspecified atom stereocenters. The van der Waals surface area contributed by atoms with E-state index in [1.165, 1.54) is 7.11 Å². The van der Waals surface area contributed by atoms with Crippen LogP contribution in [0.15, 0.2) is 66.7 Å². The molecule has 24 heavy (non-hydrogen) atoms. The molecule has 0 amide bonds. The van der Waals surface area contributed by atoms with E-state index in [0.29, 0.717) is 16.7 Å². The van der Waals surface area contributed by atoms with Gasteiger partial charge in [-0.1, -0.05) is 54.6 Å². The highest BCUT2D eigenvalue weighted by molar-refractivity contribution is 5.99. The number of esters is 1. The lowest BCUT2D eigenvalue weighted by atomic mass is 9.98. The van der Waals surface area contributed by atoms with Gasteiger partial charge in [0, 0.05) is 0 Å². The standard InChI is InChI=1S/C21H15NO2/c1-24-21(23)18-10-5-8-16(12-18)19(14-22)13-17-9-4-7-15-6-2-3-11-20(15)17/h2-13H,1H3. The van der Waals surface area contributed by atoms with E-state index in [9.17, 15) is 10.1 Å². The van der Waals surface area contributed by atoms with Gasteiger partial charge in [0.05, 0.1) is 24.3 Å². The molecule has 0 saturated heterocycles. The maximum Gasteiger partial charge on any atom is 0.337 e. The van der Waals surface area contributed by atoms with Crippen molar-refractivity contribution in [1.82, 2.24) is 0 Å². The van der Waals surface area contributed by atoms with E-state index < -0.39 is 5.97 Å². The van der Waals surface area contributed by atoms with E-state index in [-0.39, 0.29) is 0 Å². The smallest absolute Gasteiger partial charge is 0.337 e. The summed E-state index contributed by atoms with van der Waals surface area (Å²) < 4.78 is 4.74. The summed E-state index contributed by atoms with van der Waals surface area (Å²) in [6.45, 7) is 0. The van der Waals surface area contributed by atoms with Crippen LogP contribution in [-0.4, -0.2) is 13.1 Å². The lowest BCUT2D eigenvalue weighted by molar-refractivity contribution is 0.0600. The van der Waals surface area contributed by atoms with Crippen molar-refractivity contribution in [1.29, 1.82) is 5.26 Å². The number of fused-ring (bicyclic) bond motifs is 1. The zero-order valence-corrected chi connectivity index (χ0v) is 13.2. The quantitative estimate of drug-likeness (QED) is 0.400. The third-order valence-electron chi connectivity index (χ3n) is 3.84. The number of nitriles is 1. The minimum Gasteiger partial charge on any atom is -0.465 e. The number of methoxy groups -OCH3 is 1. The van der Waals surface area contributed by atoms with Gasteiger partial charge in [-0.15, -0.1) is 0 Å². The molecule has 3 nitrogen and oxygen atoms in total. The van der Waals surface area contributed by atoms with E-state index in [1.54, 1.807) is 18.2 Å². The number of hydrogen-bond donors (Lipinski definition) is 0. The minimum atomic E-state index is -0.417. The first kappa shape index (κ1) is 15.5. The van der Waals surface area contributed by atoms with Crippen LogP contribution in [0.5, 0.6) is 0 Å². The van der Waals surface area contributed by atoms with Crippen molar-refractivity contribution in [3.05, 3.63) is 83.4 Å². The third-order valence-corrected chi connectivity index (χ3v) is 3.84. The average Bonchev–Trinajstić information content (AvgIpc) is 2.65. The Balaban J connectivity index is 2.10. The molecule has 0 atom stereocenters. The van der Waals surface area contributed by atoms with Crippen LogP contribution in [0, 0.1) is 11.3 Å². The number of nitrogens with zero attached hydrogens (tertiary/aromatic N) is 1. The van der Waals surface area contributed by atoms with Crippen molar-refractivity contribution in [3.8, 4) is 6.07 Å². The van der Waals surface area contributed by atoms with E-state index in [2.05, 4.69) is 6.07 Å². The average molecular weight is 313 g/mol. The molecule has 0 saturated carbocycles. The minimum absolute atomic E-state index is 0.417. The Labute approximate surface area is 140 Å². The summed E-state index contributed by atoms with van der Waals surface area (Å²) >= 11 is 0. The molecule has 0 N–H and O–H groups in total. The second-order valence-corrected chi connectivity index (χ2v) is 5.31. The predicted octanol–water partition coefficient (Wildman–Crippen LogP) is 4.69. The van der Waals surface area contributed by atoms with Crippen molar-refractivity contribution in [3.63, 3.8) is 0 Å². The molecule has 0 heterocycles. The number of benzene rings is 3. The van der Waals surface area contributed by atoms with Crippen molar-refractivity contribution < 1.29 is 9.53 Å². The lowest BCUT2D eigenvalue weighted by Gasteiger charge is -2.05. The van der Waals surface area contributed by atoms with E-state index in [0.717, 1.165) is 16.3 Å². The predicted molar refractivity (Wildman–Crippen MR) is 95.2 cm³/mol. The fraction of sp³-hybridized carbons (Fsp3) is 0.0476. The largest absolute Gasteiger partial charge is 0.465 e. The molecule has 0 aliphatic carbocycles. The lowest BCUT2D eigenvalue weighted by Crippen LogP contribution is -2.01. The zero-order valence-electron chi connectivity index (χ0n) is 13.2. The van der Waals surface area contributed by atoms with Gasteiger partial charge in [-0.2, -0.15) is 5.26 Å². The van der Waals surface area contributed by atoms with Crippen LogP contribution in [0.25, 0.3) is 22.4 Å². The molecule has 0 radical (unpaired) electrons. The Hall–Kier alpha value is -3.38. The summed E-state index contributed by atoms with van der Waals surface area (Å²) in [5.41, 5.74) is 2.58. The monoisotopic (exact) mass is 313 g/mol. The van der Waals surface area contributed by atoms with Gasteiger partial charge >= 0.3 is 5.97 Å². The molecule has 116 valence electrons. The number of allylic oxidation sites excluding steroid dienone is 1. The van der Waals surface area contributed by atoms with Gasteiger partial charge in [0.1, 0.15) is 0 Å². The van der Waals surface area contributed by atoms with Gasteiger partial charge in [-0.25, -0.2) is 4.79 Å². The fourth-order valence-electron chi connectivity index (χ4n) is 2.64. The highest BCUT2D eigenvalue weighted by Gasteiger charge is 2.09. The molecule has 3 heteroatoms. The van der Waals surface area contributed by atoms with Gasteiger partial charge < -0.3 is 4.74 Å². The Morgan fingerprint density at radius 2 is 1.71 bits per heavy atom. The van der Waals surface area contributed by atoms with Crippen LogP contribution in [0.3, 0.4) is 0 Å². The highest BCUT2D eigenvalue weighted by atomic mass is 16.5. The van der Waals surface area contributed by atoms with Crippen LogP contribution >= 0.6 is 0 Å². The number of carbonyl (C=O) groups is 1. The molecule has 3 aromatic carbocycles. The first-order valence-corrected chi connectivity index (χ1v) is 7.51. The highest BCUT2D eigenvalue weighted by Crippen LogP contribution is 2.24. The maximum absolute atomic E-state index is 11.7. The first-order chi connectivity index (χ1) is 11.7. The van der Waals surface area contributed by atoms with Crippen LogP contribution in [0.4, 0.5) is 0 Å². The van der Waals surface area contributed by atoms with Gasteiger partial charge in [-0.3, -0.25) is 0 Å². The topological polar surface area (TPSA) is 50.1 Å². The van der Waals surface area contributed by atoms with Gasteiger partial charge in [0.2, 0.25) is 0 Å². The van der Waals surface area contributed by atoms with Crippen molar-refractivity contribution in [2.75, 3.05) is 7.11 Å². The molecule has 3 aromatic rings. The molecular formula is C21H15NO2. The normalized spacial score (nSPS) is 11.1. The Morgan fingerprint density at radius 1 is 1.00 bits per heavy atom. The molecular weight excluding hydrogens is 298 g/mol. The van der Waals surface area contributed by atoms with Crippen LogP contribution in [-0.2, 0) is 4.74 Å². The number of rotatable bonds is 3. The zero-order chi connectivity index (χ0) is 16.9. The van der Waals surface area contributed by atoms with Crippen molar-refractivity contribution in [2.45, 2.75) is 0 Å². The maximum atomic E-state index is 11.7. The van der Waals surface area contributed by atoms with Crippen LogP contribution < -0.4 is 0 Å². The number of hydrogen-bond acceptors (Lipinski definition) is 3. The summed E-state index contributed by atoms with van der Waals surface area (Å²) in [5.74, 6) is -0.417. The molecule has 3 rings (SSSR count). The molecule has 0 spiro atoms. The van der Waals surface area contributed by atoms with E-state index >= 15 is 0 Å². The first-order valence-electron chi connectivity index (χ1n) is 7.51. The molecule has 0 aliphatic heterocycles. The summed E-state index contributed by atoms with van der Waals surface area (Å²) in [6, 6.07) is 23.1. The number of carbonyl (C=O) groups excluding carboxylic acids is 1. The number of ether oxygens (including phenoxy) is 1. The molecule has 0 bridgehead atoms. The molecule has 0 aliphatic rings. The van der Waals surface area contributed by atoms with Gasteiger partial charge in [-0.05, 0) is 40.1 Å². The second kappa shape index (κ2) is 6.80.